The first kappa shape index (κ1) is 14.7. The van der Waals surface area contributed by atoms with Crippen molar-refractivity contribution in [2.45, 2.75) is 29.4 Å². The van der Waals surface area contributed by atoms with Gasteiger partial charge < -0.3 is 15.4 Å². The summed E-state index contributed by atoms with van der Waals surface area (Å²) in [7, 11) is 3.81. The molecule has 2 aromatic heterocycles. The summed E-state index contributed by atoms with van der Waals surface area (Å²) in [5, 5.41) is 9.36. The normalized spacial score (nSPS) is 10.8. The molecule has 0 bridgehead atoms. The fraction of sp³-hybridized carbons (Fsp3) is 0.500. The predicted molar refractivity (Wildman–Crippen MR) is 78.4 cm³/mol. The van der Waals surface area contributed by atoms with Gasteiger partial charge in [0.15, 0.2) is 4.34 Å². The van der Waals surface area contributed by atoms with Gasteiger partial charge in [-0.05, 0) is 25.6 Å². The predicted octanol–water partition coefficient (Wildman–Crippen LogP) is 1.31. The first-order valence-electron chi connectivity index (χ1n) is 5.81. The maximum Gasteiger partial charge on any atom is 0.322 e. The molecule has 2 N–H and O–H groups in total. The van der Waals surface area contributed by atoms with Gasteiger partial charge in [0.2, 0.25) is 16.2 Å². The topological polar surface area (TPSA) is 103 Å². The van der Waals surface area contributed by atoms with Crippen LogP contribution in [0.15, 0.2) is 9.50 Å². The average molecular weight is 313 g/mol. The van der Waals surface area contributed by atoms with E-state index in [0.29, 0.717) is 5.16 Å². The lowest BCUT2D eigenvalue weighted by Gasteiger charge is -2.08. The summed E-state index contributed by atoms with van der Waals surface area (Å²) in [4.78, 5) is 14.1. The molecule has 0 fully saturated rings. The molecular formula is C10H15N7OS2. The van der Waals surface area contributed by atoms with Gasteiger partial charge in [0.1, 0.15) is 0 Å². The van der Waals surface area contributed by atoms with Crippen LogP contribution in [0.2, 0.25) is 0 Å². The zero-order valence-corrected chi connectivity index (χ0v) is 13.2. The van der Waals surface area contributed by atoms with Crippen LogP contribution in [-0.2, 0) is 0 Å². The average Bonchev–Trinajstić information content (AvgIpc) is 2.75. The number of aromatic nitrogens is 5. The van der Waals surface area contributed by atoms with Crippen LogP contribution in [-0.4, -0.2) is 45.3 Å². The van der Waals surface area contributed by atoms with Gasteiger partial charge in [0.05, 0.1) is 6.10 Å². The molecule has 0 aliphatic heterocycles. The number of hydrogen-bond acceptors (Lipinski definition) is 10. The summed E-state index contributed by atoms with van der Waals surface area (Å²) in [6, 6.07) is 0.215. The minimum atomic E-state index is -0.0310. The second-order valence-corrected chi connectivity index (χ2v) is 6.44. The second-order valence-electron chi connectivity index (χ2n) is 4.27. The Kier molecular flexibility index (Phi) is 4.55. The highest BCUT2D eigenvalue weighted by atomic mass is 32.2. The van der Waals surface area contributed by atoms with E-state index < -0.39 is 0 Å². The van der Waals surface area contributed by atoms with E-state index in [4.69, 9.17) is 10.5 Å². The summed E-state index contributed by atoms with van der Waals surface area (Å²) in [5.74, 6) is 0.121. The number of rotatable bonds is 5. The monoisotopic (exact) mass is 313 g/mol. The molecule has 20 heavy (non-hydrogen) atoms. The zero-order valence-electron chi connectivity index (χ0n) is 11.6. The van der Waals surface area contributed by atoms with Crippen molar-refractivity contribution in [3.63, 3.8) is 0 Å². The molecule has 8 nitrogen and oxygen atoms in total. The van der Waals surface area contributed by atoms with E-state index in [2.05, 4.69) is 25.1 Å². The van der Waals surface area contributed by atoms with Crippen LogP contribution in [0.4, 0.5) is 11.1 Å². The Labute approximate surface area is 124 Å². The van der Waals surface area contributed by atoms with Crippen molar-refractivity contribution in [2.75, 3.05) is 24.7 Å². The van der Waals surface area contributed by atoms with E-state index in [1.807, 2.05) is 32.8 Å². The molecule has 0 unspecified atom stereocenters. The quantitative estimate of drug-likeness (QED) is 0.874. The molecule has 0 spiro atoms. The van der Waals surface area contributed by atoms with Crippen LogP contribution in [0.25, 0.3) is 0 Å². The minimum Gasteiger partial charge on any atom is -0.461 e. The molecule has 0 radical (unpaired) electrons. The third-order valence-electron chi connectivity index (χ3n) is 1.91. The van der Waals surface area contributed by atoms with Gasteiger partial charge in [-0.3, -0.25) is 0 Å². The van der Waals surface area contributed by atoms with Gasteiger partial charge in [-0.25, -0.2) is 0 Å². The van der Waals surface area contributed by atoms with Crippen molar-refractivity contribution in [3.8, 4) is 6.01 Å². The van der Waals surface area contributed by atoms with Crippen LogP contribution in [0, 0.1) is 0 Å². The molecule has 0 amide bonds. The van der Waals surface area contributed by atoms with Crippen LogP contribution >= 0.6 is 23.1 Å². The summed E-state index contributed by atoms with van der Waals surface area (Å²) in [6.07, 6.45) is -0.0310. The Morgan fingerprint density at radius 1 is 1.20 bits per heavy atom. The Hall–Kier alpha value is -1.68. The lowest BCUT2D eigenvalue weighted by Crippen LogP contribution is -2.10. The smallest absolute Gasteiger partial charge is 0.322 e. The summed E-state index contributed by atoms with van der Waals surface area (Å²) in [5.41, 5.74) is 5.65. The molecule has 0 aliphatic rings. The van der Waals surface area contributed by atoms with E-state index in [1.54, 1.807) is 0 Å². The maximum atomic E-state index is 5.65. The van der Waals surface area contributed by atoms with Gasteiger partial charge in [-0.1, -0.05) is 11.3 Å². The highest BCUT2D eigenvalue weighted by molar-refractivity contribution is 8.00. The Morgan fingerprint density at radius 3 is 2.55 bits per heavy atom. The van der Waals surface area contributed by atoms with E-state index >= 15 is 0 Å². The molecule has 2 aromatic rings. The summed E-state index contributed by atoms with van der Waals surface area (Å²) < 4.78 is 6.15. The van der Waals surface area contributed by atoms with Crippen LogP contribution in [0.1, 0.15) is 13.8 Å². The number of nitrogen functional groups attached to an aromatic ring is 1. The third-order valence-corrected chi connectivity index (χ3v) is 3.92. The Bertz CT molecular complexity index is 587. The molecule has 0 saturated heterocycles. The molecule has 0 aliphatic carbocycles. The van der Waals surface area contributed by atoms with Gasteiger partial charge in [0.25, 0.3) is 0 Å². The van der Waals surface area contributed by atoms with Gasteiger partial charge in [-0.15, -0.1) is 10.2 Å². The standard InChI is InChI=1S/C10H15N7OS2/c1-5(2)18-7-12-6(11)13-8(14-7)19-10-16-15-9(20-10)17(3)4/h5H,1-4H3,(H2,11,12,13,14). The van der Waals surface area contributed by atoms with E-state index in [0.717, 1.165) is 9.47 Å². The summed E-state index contributed by atoms with van der Waals surface area (Å²) >= 11 is 2.72. The molecular weight excluding hydrogens is 298 g/mol. The Balaban J connectivity index is 2.17. The van der Waals surface area contributed by atoms with Gasteiger partial charge in [0, 0.05) is 14.1 Å². The maximum absolute atomic E-state index is 5.65. The van der Waals surface area contributed by atoms with Crippen LogP contribution in [0.3, 0.4) is 0 Å². The largest absolute Gasteiger partial charge is 0.461 e. The molecule has 2 rings (SSSR count). The Morgan fingerprint density at radius 2 is 1.95 bits per heavy atom. The van der Waals surface area contributed by atoms with Crippen molar-refractivity contribution in [1.29, 1.82) is 0 Å². The molecule has 0 atom stereocenters. The summed E-state index contributed by atoms with van der Waals surface area (Å²) in [6.45, 7) is 3.78. The van der Waals surface area contributed by atoms with Crippen molar-refractivity contribution in [2.24, 2.45) is 0 Å². The van der Waals surface area contributed by atoms with Gasteiger partial charge in [-0.2, -0.15) is 15.0 Å². The van der Waals surface area contributed by atoms with E-state index in [9.17, 15) is 0 Å². The zero-order chi connectivity index (χ0) is 14.7. The van der Waals surface area contributed by atoms with Crippen LogP contribution in [0.5, 0.6) is 6.01 Å². The number of nitrogens with zero attached hydrogens (tertiary/aromatic N) is 6. The second kappa shape index (κ2) is 6.18. The number of nitrogens with two attached hydrogens (primary N) is 1. The van der Waals surface area contributed by atoms with Crippen molar-refractivity contribution >= 4 is 34.2 Å². The van der Waals surface area contributed by atoms with Gasteiger partial charge >= 0.3 is 6.01 Å². The lowest BCUT2D eigenvalue weighted by molar-refractivity contribution is 0.219. The fourth-order valence-electron chi connectivity index (χ4n) is 1.16. The van der Waals surface area contributed by atoms with Crippen molar-refractivity contribution in [3.05, 3.63) is 0 Å². The molecule has 10 heteroatoms. The molecule has 2 heterocycles. The molecule has 108 valence electrons. The van der Waals surface area contributed by atoms with Crippen molar-refractivity contribution in [1.82, 2.24) is 25.1 Å². The molecule has 0 saturated carbocycles. The van der Waals surface area contributed by atoms with Crippen LogP contribution < -0.4 is 15.4 Å². The third kappa shape index (κ3) is 3.90. The van der Waals surface area contributed by atoms with Crippen molar-refractivity contribution < 1.29 is 4.74 Å². The van der Waals surface area contributed by atoms with E-state index in [-0.39, 0.29) is 18.1 Å². The first-order chi connectivity index (χ1) is 9.44. The SMILES string of the molecule is CC(C)Oc1nc(N)nc(Sc2nnc(N(C)C)s2)n1. The number of hydrogen-bond donors (Lipinski definition) is 1. The van der Waals surface area contributed by atoms with E-state index in [1.165, 1.54) is 23.1 Å². The number of ether oxygens (including phenoxy) is 1. The highest BCUT2D eigenvalue weighted by Crippen LogP contribution is 2.31. The fourth-order valence-corrected chi connectivity index (χ4v) is 2.78. The molecule has 0 aromatic carbocycles. The number of anilines is 2. The lowest BCUT2D eigenvalue weighted by atomic mass is 10.5. The minimum absolute atomic E-state index is 0.0310. The first-order valence-corrected chi connectivity index (χ1v) is 7.44. The highest BCUT2D eigenvalue weighted by Gasteiger charge is 2.12.